The molecule has 0 saturated heterocycles. The minimum absolute atomic E-state index is 0.0499. The van der Waals surface area contributed by atoms with Gasteiger partial charge in [0.15, 0.2) is 0 Å². The first-order valence-electron chi connectivity index (χ1n) is 6.37. The predicted octanol–water partition coefficient (Wildman–Crippen LogP) is 5.31. The lowest BCUT2D eigenvalue weighted by molar-refractivity contribution is 0.470. The fourth-order valence-corrected chi connectivity index (χ4v) is 2.88. The van der Waals surface area contributed by atoms with Crippen molar-refractivity contribution >= 4 is 23.2 Å². The summed E-state index contributed by atoms with van der Waals surface area (Å²) in [5, 5.41) is 20.4. The number of benzene rings is 2. The highest BCUT2D eigenvalue weighted by Crippen LogP contribution is 2.40. The van der Waals surface area contributed by atoms with Gasteiger partial charge < -0.3 is 10.2 Å². The number of hydrogen-bond acceptors (Lipinski definition) is 2. The van der Waals surface area contributed by atoms with E-state index in [1.165, 1.54) is 0 Å². The molecule has 0 aliphatic heterocycles. The Bertz CT molecular complexity index is 570. The van der Waals surface area contributed by atoms with Crippen LogP contribution in [0.3, 0.4) is 0 Å². The molecule has 2 N–H and O–H groups in total. The summed E-state index contributed by atoms with van der Waals surface area (Å²) in [4.78, 5) is 0. The van der Waals surface area contributed by atoms with Crippen LogP contribution in [0.4, 0.5) is 0 Å². The number of aromatic hydroxyl groups is 2. The van der Waals surface area contributed by atoms with Crippen molar-refractivity contribution < 1.29 is 10.2 Å². The first-order valence-corrected chi connectivity index (χ1v) is 7.12. The molecule has 0 heterocycles. The van der Waals surface area contributed by atoms with Crippen LogP contribution in [0.25, 0.3) is 0 Å². The zero-order valence-corrected chi connectivity index (χ0v) is 12.8. The zero-order chi connectivity index (χ0) is 14.9. The van der Waals surface area contributed by atoms with E-state index in [1.807, 2.05) is 13.8 Å². The van der Waals surface area contributed by atoms with E-state index in [0.717, 1.165) is 11.1 Å². The van der Waals surface area contributed by atoms with Gasteiger partial charge in [-0.15, -0.1) is 0 Å². The third-order valence-corrected chi connectivity index (χ3v) is 4.38. The van der Waals surface area contributed by atoms with Crippen molar-refractivity contribution in [2.45, 2.75) is 25.7 Å². The maximum absolute atomic E-state index is 9.61. The van der Waals surface area contributed by atoms with Crippen LogP contribution in [0.5, 0.6) is 11.5 Å². The Kier molecular flexibility index (Phi) is 4.46. The summed E-state index contributed by atoms with van der Waals surface area (Å²) in [5.41, 5.74) is 1.72. The van der Waals surface area contributed by atoms with Gasteiger partial charge in [-0.05, 0) is 59.4 Å². The molecule has 0 radical (unpaired) electrons. The Hall–Kier alpha value is -1.38. The van der Waals surface area contributed by atoms with Crippen molar-refractivity contribution in [3.05, 3.63) is 57.6 Å². The first-order chi connectivity index (χ1) is 9.40. The molecule has 0 aliphatic carbocycles. The molecule has 4 heteroatoms. The van der Waals surface area contributed by atoms with Gasteiger partial charge in [0.25, 0.3) is 0 Å². The Balaban J connectivity index is 2.39. The van der Waals surface area contributed by atoms with Crippen molar-refractivity contribution in [3.8, 4) is 11.5 Å². The average Bonchev–Trinajstić information content (AvgIpc) is 2.42. The van der Waals surface area contributed by atoms with Gasteiger partial charge >= 0.3 is 0 Å². The largest absolute Gasteiger partial charge is 0.508 e. The van der Waals surface area contributed by atoms with Crippen LogP contribution in [0.15, 0.2) is 36.4 Å². The molecule has 0 fully saturated rings. The summed E-state index contributed by atoms with van der Waals surface area (Å²) in [7, 11) is 0. The molecule has 0 bridgehead atoms. The second-order valence-electron chi connectivity index (χ2n) is 4.99. The zero-order valence-electron chi connectivity index (χ0n) is 11.3. The molecule has 0 aromatic heterocycles. The molecular weight excluding hydrogens is 295 g/mol. The van der Waals surface area contributed by atoms with Crippen LogP contribution in [0.1, 0.15) is 36.8 Å². The Morgan fingerprint density at radius 3 is 1.45 bits per heavy atom. The van der Waals surface area contributed by atoms with E-state index in [4.69, 9.17) is 23.2 Å². The molecule has 0 aliphatic rings. The maximum atomic E-state index is 9.61. The molecule has 0 spiro atoms. The number of rotatable bonds is 3. The second-order valence-corrected chi connectivity index (χ2v) is 5.80. The fraction of sp³-hybridized carbons (Fsp3) is 0.250. The summed E-state index contributed by atoms with van der Waals surface area (Å²) in [6.07, 6.45) is 0. The van der Waals surface area contributed by atoms with Gasteiger partial charge in [0.2, 0.25) is 0 Å². The molecular formula is C16H16Cl2O2. The number of hydrogen-bond donors (Lipinski definition) is 2. The number of phenols is 2. The average molecular weight is 311 g/mol. The van der Waals surface area contributed by atoms with E-state index in [1.54, 1.807) is 36.4 Å². The van der Waals surface area contributed by atoms with Gasteiger partial charge in [-0.3, -0.25) is 0 Å². The smallest absolute Gasteiger partial charge is 0.115 e. The lowest BCUT2D eigenvalue weighted by Crippen LogP contribution is -2.06. The van der Waals surface area contributed by atoms with E-state index in [0.29, 0.717) is 10.0 Å². The lowest BCUT2D eigenvalue weighted by atomic mass is 9.84. The summed E-state index contributed by atoms with van der Waals surface area (Å²) >= 11 is 12.4. The van der Waals surface area contributed by atoms with Crippen molar-refractivity contribution in [2.24, 2.45) is 0 Å². The molecule has 20 heavy (non-hydrogen) atoms. The maximum Gasteiger partial charge on any atom is 0.115 e. The predicted molar refractivity (Wildman–Crippen MR) is 83.1 cm³/mol. The van der Waals surface area contributed by atoms with Gasteiger partial charge in [0.1, 0.15) is 11.5 Å². The lowest BCUT2D eigenvalue weighted by Gasteiger charge is -2.23. The quantitative estimate of drug-likeness (QED) is 0.806. The Morgan fingerprint density at radius 2 is 1.10 bits per heavy atom. The summed E-state index contributed by atoms with van der Waals surface area (Å²) in [6.45, 7) is 4.04. The van der Waals surface area contributed by atoms with Gasteiger partial charge in [-0.1, -0.05) is 37.0 Å². The van der Waals surface area contributed by atoms with E-state index in [-0.39, 0.29) is 23.3 Å². The monoisotopic (exact) mass is 310 g/mol. The van der Waals surface area contributed by atoms with Crippen LogP contribution in [0, 0.1) is 0 Å². The molecule has 2 aromatic rings. The van der Waals surface area contributed by atoms with E-state index in [2.05, 4.69) is 0 Å². The van der Waals surface area contributed by atoms with Crippen LogP contribution in [-0.4, -0.2) is 10.2 Å². The van der Waals surface area contributed by atoms with Crippen LogP contribution in [0.2, 0.25) is 10.0 Å². The standard InChI is InChI=1S/C16H16Cl2O2/c1-9(13-7-11(19)3-5-15(13)17)10(2)14-8-12(20)4-6-16(14)18/h3-10,19-20H,1-2H3/t9-,10+. The van der Waals surface area contributed by atoms with Gasteiger partial charge in [-0.25, -0.2) is 0 Å². The fourth-order valence-electron chi connectivity index (χ4n) is 2.30. The van der Waals surface area contributed by atoms with E-state index < -0.39 is 0 Å². The van der Waals surface area contributed by atoms with Crippen LogP contribution in [-0.2, 0) is 0 Å². The van der Waals surface area contributed by atoms with E-state index in [9.17, 15) is 10.2 Å². The molecule has 0 unspecified atom stereocenters. The minimum Gasteiger partial charge on any atom is -0.508 e. The van der Waals surface area contributed by atoms with Crippen molar-refractivity contribution in [1.29, 1.82) is 0 Å². The molecule has 2 nitrogen and oxygen atoms in total. The third-order valence-electron chi connectivity index (χ3n) is 3.69. The number of phenolic OH excluding ortho intramolecular Hbond substituents is 2. The van der Waals surface area contributed by atoms with Gasteiger partial charge in [0.05, 0.1) is 0 Å². The molecule has 2 aromatic carbocycles. The topological polar surface area (TPSA) is 40.5 Å². The molecule has 2 atom stereocenters. The second kappa shape index (κ2) is 5.94. The number of halogens is 2. The molecule has 0 saturated carbocycles. The van der Waals surface area contributed by atoms with Crippen molar-refractivity contribution in [3.63, 3.8) is 0 Å². The first kappa shape index (κ1) is 15.0. The van der Waals surface area contributed by atoms with Crippen LogP contribution >= 0.6 is 23.2 Å². The SMILES string of the molecule is C[C@H](c1cc(O)ccc1Cl)[C@@H](C)c1cc(O)ccc1Cl. The van der Waals surface area contributed by atoms with Crippen molar-refractivity contribution in [1.82, 2.24) is 0 Å². The van der Waals surface area contributed by atoms with Gasteiger partial charge in [-0.2, -0.15) is 0 Å². The molecule has 2 rings (SSSR count). The normalized spacial score (nSPS) is 14.0. The summed E-state index contributed by atoms with van der Waals surface area (Å²) in [5.74, 6) is 0.471. The van der Waals surface area contributed by atoms with E-state index >= 15 is 0 Å². The van der Waals surface area contributed by atoms with Crippen LogP contribution < -0.4 is 0 Å². The summed E-state index contributed by atoms with van der Waals surface area (Å²) < 4.78 is 0. The molecule has 106 valence electrons. The highest BCUT2D eigenvalue weighted by molar-refractivity contribution is 6.32. The minimum atomic E-state index is 0.0499. The highest BCUT2D eigenvalue weighted by Gasteiger charge is 2.21. The Labute approximate surface area is 128 Å². The Morgan fingerprint density at radius 1 is 0.750 bits per heavy atom. The highest BCUT2D eigenvalue weighted by atomic mass is 35.5. The van der Waals surface area contributed by atoms with Gasteiger partial charge in [0, 0.05) is 10.0 Å². The molecule has 0 amide bonds. The van der Waals surface area contributed by atoms with Crippen molar-refractivity contribution in [2.75, 3.05) is 0 Å². The summed E-state index contributed by atoms with van der Waals surface area (Å²) in [6, 6.07) is 9.81. The third kappa shape index (κ3) is 3.02.